The zero-order chi connectivity index (χ0) is 13.9. The first kappa shape index (κ1) is 14.4. The van der Waals surface area contributed by atoms with Crippen molar-refractivity contribution in [3.05, 3.63) is 5.01 Å². The van der Waals surface area contributed by atoms with Crippen LogP contribution in [-0.4, -0.2) is 16.1 Å². The molecule has 1 saturated carbocycles. The van der Waals surface area contributed by atoms with E-state index in [1.54, 1.807) is 0 Å². The minimum atomic E-state index is 0.0332. The molecule has 1 aromatic rings. The standard InChI is InChI=1S/C14H23N3OS/c1-4-14(2,3)12-16-17-13(19-12)15-11(18)10-8-6-5-7-9-10/h10H,4-9H2,1-3H3,(H,15,17,18). The molecule has 1 aliphatic carbocycles. The molecule has 1 aliphatic rings. The summed E-state index contributed by atoms with van der Waals surface area (Å²) >= 11 is 1.50. The summed E-state index contributed by atoms with van der Waals surface area (Å²) in [5, 5.41) is 12.9. The van der Waals surface area contributed by atoms with Crippen molar-refractivity contribution in [1.82, 2.24) is 10.2 Å². The Hall–Kier alpha value is -0.970. The molecule has 0 spiro atoms. The molecule has 1 N–H and O–H groups in total. The third-order valence-electron chi connectivity index (χ3n) is 4.09. The first-order valence-electron chi connectivity index (χ1n) is 7.18. The second kappa shape index (κ2) is 5.99. The average molecular weight is 281 g/mol. The average Bonchev–Trinajstić information content (AvgIpc) is 2.89. The maximum Gasteiger partial charge on any atom is 0.229 e. The quantitative estimate of drug-likeness (QED) is 0.914. The molecule has 0 saturated heterocycles. The lowest BCUT2D eigenvalue weighted by atomic mass is 9.89. The maximum atomic E-state index is 12.1. The third-order valence-corrected chi connectivity index (χ3v) is 5.30. The molecule has 0 aromatic carbocycles. The summed E-state index contributed by atoms with van der Waals surface area (Å²) in [5.41, 5.74) is 0.0332. The molecule has 19 heavy (non-hydrogen) atoms. The van der Waals surface area contributed by atoms with Gasteiger partial charge in [-0.1, -0.05) is 51.4 Å². The molecule has 0 aliphatic heterocycles. The number of aromatic nitrogens is 2. The second-order valence-electron chi connectivity index (χ2n) is 5.97. The minimum absolute atomic E-state index is 0.0332. The van der Waals surface area contributed by atoms with E-state index >= 15 is 0 Å². The zero-order valence-corrected chi connectivity index (χ0v) is 12.8. The van der Waals surface area contributed by atoms with Crippen molar-refractivity contribution in [3.8, 4) is 0 Å². The van der Waals surface area contributed by atoms with Gasteiger partial charge in [0.25, 0.3) is 0 Å². The van der Waals surface area contributed by atoms with Gasteiger partial charge in [-0.05, 0) is 19.3 Å². The Bertz CT molecular complexity index is 436. The topological polar surface area (TPSA) is 54.9 Å². The Kier molecular flexibility index (Phi) is 4.55. The highest BCUT2D eigenvalue weighted by atomic mass is 32.1. The van der Waals surface area contributed by atoms with Crippen LogP contribution in [0.1, 0.15) is 64.3 Å². The number of carbonyl (C=O) groups is 1. The van der Waals surface area contributed by atoms with Crippen LogP contribution in [0.4, 0.5) is 5.13 Å². The summed E-state index contributed by atoms with van der Waals surface area (Å²) in [6.07, 6.45) is 6.64. The number of amides is 1. The van der Waals surface area contributed by atoms with Gasteiger partial charge in [0.2, 0.25) is 11.0 Å². The fourth-order valence-electron chi connectivity index (χ4n) is 2.27. The van der Waals surface area contributed by atoms with Crippen LogP contribution in [0.25, 0.3) is 0 Å². The molecule has 5 heteroatoms. The SMILES string of the molecule is CCC(C)(C)c1nnc(NC(=O)C2CCCCC2)s1. The number of anilines is 1. The first-order chi connectivity index (χ1) is 9.03. The van der Waals surface area contributed by atoms with E-state index in [4.69, 9.17) is 0 Å². The number of nitrogens with zero attached hydrogens (tertiary/aromatic N) is 2. The maximum absolute atomic E-state index is 12.1. The number of hydrogen-bond acceptors (Lipinski definition) is 4. The monoisotopic (exact) mass is 281 g/mol. The van der Waals surface area contributed by atoms with Crippen LogP contribution < -0.4 is 5.32 Å². The number of carbonyl (C=O) groups excluding carboxylic acids is 1. The van der Waals surface area contributed by atoms with Crippen LogP contribution in [0.15, 0.2) is 0 Å². The van der Waals surface area contributed by atoms with Gasteiger partial charge in [0.1, 0.15) is 5.01 Å². The Balaban J connectivity index is 1.97. The summed E-state index contributed by atoms with van der Waals surface area (Å²) in [7, 11) is 0. The van der Waals surface area contributed by atoms with Crippen molar-refractivity contribution in [2.45, 2.75) is 64.7 Å². The van der Waals surface area contributed by atoms with Gasteiger partial charge in [-0.25, -0.2) is 0 Å². The van der Waals surface area contributed by atoms with E-state index in [-0.39, 0.29) is 17.2 Å². The summed E-state index contributed by atoms with van der Waals surface area (Å²) < 4.78 is 0. The number of hydrogen-bond donors (Lipinski definition) is 1. The van der Waals surface area contributed by atoms with E-state index < -0.39 is 0 Å². The number of nitrogens with one attached hydrogen (secondary N) is 1. The Morgan fingerprint density at radius 1 is 1.32 bits per heavy atom. The van der Waals surface area contributed by atoms with Gasteiger partial charge in [-0.2, -0.15) is 0 Å². The number of rotatable bonds is 4. The van der Waals surface area contributed by atoms with Crippen molar-refractivity contribution in [1.29, 1.82) is 0 Å². The molecular weight excluding hydrogens is 258 g/mol. The smallest absolute Gasteiger partial charge is 0.229 e. The van der Waals surface area contributed by atoms with Crippen molar-refractivity contribution in [2.75, 3.05) is 5.32 Å². The zero-order valence-electron chi connectivity index (χ0n) is 12.0. The normalized spacial score (nSPS) is 17.4. The van der Waals surface area contributed by atoms with Crippen LogP contribution in [0.5, 0.6) is 0 Å². The first-order valence-corrected chi connectivity index (χ1v) is 7.99. The van der Waals surface area contributed by atoms with E-state index in [0.717, 1.165) is 24.3 Å². The Labute approximate surface area is 119 Å². The highest BCUT2D eigenvalue weighted by Crippen LogP contribution is 2.31. The van der Waals surface area contributed by atoms with Crippen LogP contribution in [0.3, 0.4) is 0 Å². The minimum Gasteiger partial charge on any atom is -0.300 e. The molecule has 0 atom stereocenters. The van der Waals surface area contributed by atoms with Crippen LogP contribution in [-0.2, 0) is 10.2 Å². The summed E-state index contributed by atoms with van der Waals surface area (Å²) in [6, 6.07) is 0. The molecular formula is C14H23N3OS. The third kappa shape index (κ3) is 3.53. The van der Waals surface area contributed by atoms with E-state index in [0.29, 0.717) is 5.13 Å². The van der Waals surface area contributed by atoms with E-state index in [1.165, 1.54) is 30.6 Å². The molecule has 0 bridgehead atoms. The summed E-state index contributed by atoms with van der Waals surface area (Å²) in [4.78, 5) is 12.1. The molecule has 1 heterocycles. The van der Waals surface area contributed by atoms with Gasteiger partial charge in [0.05, 0.1) is 0 Å². The second-order valence-corrected chi connectivity index (χ2v) is 6.95. The summed E-state index contributed by atoms with van der Waals surface area (Å²) in [5.74, 6) is 0.289. The van der Waals surface area contributed by atoms with Crippen molar-refractivity contribution < 1.29 is 4.79 Å². The largest absolute Gasteiger partial charge is 0.300 e. The van der Waals surface area contributed by atoms with Crippen LogP contribution in [0, 0.1) is 5.92 Å². The Morgan fingerprint density at radius 3 is 2.63 bits per heavy atom. The van der Waals surface area contributed by atoms with Gasteiger partial charge in [0.15, 0.2) is 0 Å². The highest BCUT2D eigenvalue weighted by molar-refractivity contribution is 7.15. The molecule has 4 nitrogen and oxygen atoms in total. The molecule has 1 amide bonds. The highest BCUT2D eigenvalue weighted by Gasteiger charge is 2.25. The fourth-order valence-corrected chi connectivity index (χ4v) is 3.19. The van der Waals surface area contributed by atoms with Gasteiger partial charge in [-0.15, -0.1) is 10.2 Å². The van der Waals surface area contributed by atoms with Crippen LogP contribution in [0.2, 0.25) is 0 Å². The van der Waals surface area contributed by atoms with E-state index in [9.17, 15) is 4.79 Å². The molecule has 0 unspecified atom stereocenters. The molecule has 0 radical (unpaired) electrons. The van der Waals surface area contributed by atoms with Gasteiger partial charge in [0, 0.05) is 11.3 Å². The molecule has 106 valence electrons. The molecule has 1 aromatic heterocycles. The fraction of sp³-hybridized carbons (Fsp3) is 0.786. The van der Waals surface area contributed by atoms with Gasteiger partial charge < -0.3 is 5.32 Å². The molecule has 1 fully saturated rings. The van der Waals surface area contributed by atoms with Crippen LogP contribution >= 0.6 is 11.3 Å². The predicted molar refractivity (Wildman–Crippen MR) is 78.4 cm³/mol. The van der Waals surface area contributed by atoms with Gasteiger partial charge in [-0.3, -0.25) is 4.79 Å². The molecule has 2 rings (SSSR count). The van der Waals surface area contributed by atoms with E-state index in [1.807, 2.05) is 0 Å². The van der Waals surface area contributed by atoms with Gasteiger partial charge >= 0.3 is 0 Å². The predicted octanol–water partition coefficient (Wildman–Crippen LogP) is 3.74. The summed E-state index contributed by atoms with van der Waals surface area (Å²) in [6.45, 7) is 6.45. The lowest BCUT2D eigenvalue weighted by Crippen LogP contribution is -2.24. The lowest BCUT2D eigenvalue weighted by Gasteiger charge is -2.20. The van der Waals surface area contributed by atoms with Crippen molar-refractivity contribution in [3.63, 3.8) is 0 Å². The Morgan fingerprint density at radius 2 is 2.00 bits per heavy atom. The van der Waals surface area contributed by atoms with Crippen molar-refractivity contribution in [2.24, 2.45) is 5.92 Å². The van der Waals surface area contributed by atoms with Crippen molar-refractivity contribution >= 4 is 22.4 Å². The lowest BCUT2D eigenvalue weighted by molar-refractivity contribution is -0.120. The van der Waals surface area contributed by atoms with E-state index in [2.05, 4.69) is 36.3 Å².